The molecule has 0 aliphatic carbocycles. The molecule has 0 unspecified atom stereocenters. The van der Waals surface area contributed by atoms with Gasteiger partial charge in [0, 0.05) is 17.5 Å². The first kappa shape index (κ1) is 17.2. The summed E-state index contributed by atoms with van der Waals surface area (Å²) in [5.41, 5.74) is 1.68. The topological polar surface area (TPSA) is 99.4 Å². The van der Waals surface area contributed by atoms with Crippen molar-refractivity contribution in [3.63, 3.8) is 0 Å². The molecule has 0 saturated heterocycles. The van der Waals surface area contributed by atoms with E-state index >= 15 is 0 Å². The largest absolute Gasteiger partial charge is 0.542 e. The van der Waals surface area contributed by atoms with Gasteiger partial charge in [0.1, 0.15) is 11.6 Å². The highest BCUT2D eigenvalue weighted by Crippen LogP contribution is 2.27. The van der Waals surface area contributed by atoms with E-state index in [-0.39, 0.29) is 17.2 Å². The van der Waals surface area contributed by atoms with Gasteiger partial charge in [-0.1, -0.05) is 30.3 Å². The van der Waals surface area contributed by atoms with Crippen LogP contribution in [-0.2, 0) is 16.4 Å². The Morgan fingerprint density at radius 2 is 1.88 bits per heavy atom. The van der Waals surface area contributed by atoms with Gasteiger partial charge in [-0.3, -0.25) is 0 Å². The lowest BCUT2D eigenvalue weighted by Gasteiger charge is -2.07. The molecule has 130 valence electrons. The lowest BCUT2D eigenvalue weighted by atomic mass is 10.1. The maximum Gasteiger partial charge on any atom is 0.240 e. The van der Waals surface area contributed by atoms with E-state index in [1.807, 2.05) is 30.3 Å². The number of carboxylic acids is 1. The molecule has 0 bridgehead atoms. The minimum atomic E-state index is -3.70. The van der Waals surface area contributed by atoms with Crippen molar-refractivity contribution in [1.29, 1.82) is 0 Å². The fraction of sp³-hybridized carbons (Fsp3) is 0.167. The molecule has 3 rings (SSSR count). The highest BCUT2D eigenvalue weighted by molar-refractivity contribution is 7.89. The maximum absolute atomic E-state index is 12.4. The first-order chi connectivity index (χ1) is 11.9. The van der Waals surface area contributed by atoms with Gasteiger partial charge in [-0.15, -0.1) is 0 Å². The SMILES string of the molecule is Cc1c(C(=O)[O-])oc2ccc(S(=O)(=O)NCCc3ccccc3)cc12. The predicted molar refractivity (Wildman–Crippen MR) is 90.6 cm³/mol. The number of benzene rings is 2. The minimum Gasteiger partial charge on any atom is -0.542 e. The van der Waals surface area contributed by atoms with Crippen LogP contribution in [0, 0.1) is 6.92 Å². The number of carbonyl (C=O) groups excluding carboxylic acids is 1. The molecule has 25 heavy (non-hydrogen) atoms. The third-order valence-corrected chi connectivity index (χ3v) is 5.41. The monoisotopic (exact) mass is 358 g/mol. The Balaban J connectivity index is 1.82. The summed E-state index contributed by atoms with van der Waals surface area (Å²) in [5, 5.41) is 11.4. The highest BCUT2D eigenvalue weighted by atomic mass is 32.2. The first-order valence-electron chi connectivity index (χ1n) is 7.66. The van der Waals surface area contributed by atoms with Gasteiger partial charge in [-0.2, -0.15) is 0 Å². The maximum atomic E-state index is 12.4. The Morgan fingerprint density at radius 3 is 2.56 bits per heavy atom. The third-order valence-electron chi connectivity index (χ3n) is 3.95. The first-order valence-corrected chi connectivity index (χ1v) is 9.15. The zero-order valence-electron chi connectivity index (χ0n) is 13.5. The molecule has 7 heteroatoms. The number of aryl methyl sites for hydroxylation is 1. The van der Waals surface area contributed by atoms with E-state index in [1.54, 1.807) is 6.92 Å². The molecule has 1 aromatic heterocycles. The van der Waals surface area contributed by atoms with E-state index in [0.717, 1.165) is 5.56 Å². The molecule has 0 saturated carbocycles. The summed E-state index contributed by atoms with van der Waals surface area (Å²) in [7, 11) is -3.70. The molecule has 1 N–H and O–H groups in total. The van der Waals surface area contributed by atoms with E-state index < -0.39 is 16.0 Å². The molecule has 6 nitrogen and oxygen atoms in total. The van der Waals surface area contributed by atoms with E-state index in [4.69, 9.17) is 4.42 Å². The Hall–Kier alpha value is -2.64. The van der Waals surface area contributed by atoms with Crippen molar-refractivity contribution in [2.24, 2.45) is 0 Å². The van der Waals surface area contributed by atoms with Crippen LogP contribution in [0.3, 0.4) is 0 Å². The molecular weight excluding hydrogens is 342 g/mol. The standard InChI is InChI=1S/C18H17NO5S/c1-12-15-11-14(7-8-16(15)24-17(12)18(20)21)25(22,23)19-10-9-13-5-3-2-4-6-13/h2-8,11,19H,9-10H2,1H3,(H,20,21)/p-1. The van der Waals surface area contributed by atoms with Crippen LogP contribution in [0.4, 0.5) is 0 Å². The van der Waals surface area contributed by atoms with E-state index in [1.165, 1.54) is 18.2 Å². The average molecular weight is 358 g/mol. The molecule has 2 aromatic carbocycles. The molecule has 0 aliphatic rings. The summed E-state index contributed by atoms with van der Waals surface area (Å²) < 4.78 is 32.6. The minimum absolute atomic E-state index is 0.0573. The number of aromatic carboxylic acids is 1. The zero-order chi connectivity index (χ0) is 18.0. The van der Waals surface area contributed by atoms with Gasteiger partial charge < -0.3 is 14.3 Å². The lowest BCUT2D eigenvalue weighted by Crippen LogP contribution is -2.26. The Labute approximate surface area is 145 Å². The van der Waals surface area contributed by atoms with Crippen molar-refractivity contribution in [2.45, 2.75) is 18.2 Å². The van der Waals surface area contributed by atoms with E-state index in [2.05, 4.69) is 4.72 Å². The fourth-order valence-electron chi connectivity index (χ4n) is 2.62. The van der Waals surface area contributed by atoms with Crippen LogP contribution in [0.15, 0.2) is 57.8 Å². The van der Waals surface area contributed by atoms with Crippen molar-refractivity contribution in [1.82, 2.24) is 4.72 Å². The summed E-state index contributed by atoms with van der Waals surface area (Å²) in [6.45, 7) is 1.81. The van der Waals surface area contributed by atoms with Crippen LogP contribution in [0.25, 0.3) is 11.0 Å². The average Bonchev–Trinajstić information content (AvgIpc) is 2.92. The molecule has 0 radical (unpaired) electrons. The molecule has 0 amide bonds. The Kier molecular flexibility index (Phi) is 4.61. The predicted octanol–water partition coefficient (Wildman–Crippen LogP) is 1.63. The molecule has 3 aromatic rings. The van der Waals surface area contributed by atoms with Gasteiger partial charge in [-0.25, -0.2) is 13.1 Å². The number of hydrogen-bond acceptors (Lipinski definition) is 5. The quantitative estimate of drug-likeness (QED) is 0.722. The second kappa shape index (κ2) is 6.70. The van der Waals surface area contributed by atoms with Crippen LogP contribution in [-0.4, -0.2) is 20.9 Å². The number of rotatable bonds is 6. The Morgan fingerprint density at radius 1 is 1.16 bits per heavy atom. The van der Waals surface area contributed by atoms with Crippen LogP contribution in [0.1, 0.15) is 21.7 Å². The summed E-state index contributed by atoms with van der Waals surface area (Å²) in [5.74, 6) is -1.72. The van der Waals surface area contributed by atoms with Gasteiger partial charge in [0.15, 0.2) is 5.76 Å². The highest BCUT2D eigenvalue weighted by Gasteiger charge is 2.17. The van der Waals surface area contributed by atoms with Crippen molar-refractivity contribution >= 4 is 27.0 Å². The van der Waals surface area contributed by atoms with Gasteiger partial charge in [0.05, 0.1) is 4.90 Å². The smallest absolute Gasteiger partial charge is 0.240 e. The van der Waals surface area contributed by atoms with E-state index in [9.17, 15) is 18.3 Å². The van der Waals surface area contributed by atoms with Crippen molar-refractivity contribution in [3.8, 4) is 0 Å². The van der Waals surface area contributed by atoms with Gasteiger partial charge in [0.25, 0.3) is 0 Å². The zero-order valence-corrected chi connectivity index (χ0v) is 14.3. The van der Waals surface area contributed by atoms with E-state index in [0.29, 0.717) is 23.0 Å². The number of carbonyl (C=O) groups is 1. The van der Waals surface area contributed by atoms with Crippen LogP contribution < -0.4 is 9.83 Å². The molecular formula is C18H16NO5S-. The number of hydrogen-bond donors (Lipinski definition) is 1. The lowest BCUT2D eigenvalue weighted by molar-refractivity contribution is -0.257. The molecule has 0 spiro atoms. The number of nitrogens with one attached hydrogen (secondary N) is 1. The molecule has 0 aliphatic heterocycles. The summed E-state index contributed by atoms with van der Waals surface area (Å²) in [6.07, 6.45) is 0.571. The van der Waals surface area contributed by atoms with Crippen molar-refractivity contribution < 1.29 is 22.7 Å². The normalized spacial score (nSPS) is 11.7. The van der Waals surface area contributed by atoms with Gasteiger partial charge in [-0.05, 0) is 37.1 Å². The number of furan rings is 1. The molecule has 1 heterocycles. The van der Waals surface area contributed by atoms with Crippen molar-refractivity contribution in [2.75, 3.05) is 6.54 Å². The number of sulfonamides is 1. The fourth-order valence-corrected chi connectivity index (χ4v) is 3.68. The third kappa shape index (κ3) is 3.57. The second-order valence-corrected chi connectivity index (χ2v) is 7.40. The molecule has 0 fully saturated rings. The van der Waals surface area contributed by atoms with Gasteiger partial charge in [0.2, 0.25) is 10.0 Å². The number of fused-ring (bicyclic) bond motifs is 1. The Bertz CT molecular complexity index is 1020. The van der Waals surface area contributed by atoms with Crippen molar-refractivity contribution in [3.05, 3.63) is 65.4 Å². The summed E-state index contributed by atoms with van der Waals surface area (Å²) in [4.78, 5) is 11.1. The van der Waals surface area contributed by atoms with Crippen LogP contribution >= 0.6 is 0 Å². The van der Waals surface area contributed by atoms with Gasteiger partial charge >= 0.3 is 0 Å². The second-order valence-electron chi connectivity index (χ2n) is 5.63. The van der Waals surface area contributed by atoms with Crippen LogP contribution in [0.2, 0.25) is 0 Å². The van der Waals surface area contributed by atoms with Crippen LogP contribution in [0.5, 0.6) is 0 Å². The summed E-state index contributed by atoms with van der Waals surface area (Å²) >= 11 is 0. The molecule has 0 atom stereocenters. The number of carboxylic acid groups (broad SMARTS) is 1. The summed E-state index contributed by atoms with van der Waals surface area (Å²) in [6, 6.07) is 13.8.